The fraction of sp³-hybridized carbons (Fsp3) is 0.588. The molecule has 1 aliphatic carbocycles. The second-order valence-electron chi connectivity index (χ2n) is 5.35. The zero-order valence-electron chi connectivity index (χ0n) is 11.9. The summed E-state index contributed by atoms with van der Waals surface area (Å²) in [5, 5.41) is 3.87. The molecule has 103 valence electrons. The summed E-state index contributed by atoms with van der Waals surface area (Å²) in [5.41, 5.74) is 2.47. The van der Waals surface area contributed by atoms with Gasteiger partial charge in [0, 0.05) is 5.56 Å². The molecule has 0 bridgehead atoms. The molecular weight excluding hydrogens is 234 g/mol. The quantitative estimate of drug-likeness (QED) is 0.409. The Hall–Kier alpha value is -1.31. The Morgan fingerprint density at radius 2 is 1.89 bits per heavy atom. The molecule has 0 spiro atoms. The molecule has 0 heterocycles. The normalized spacial score (nSPS) is 16.9. The Labute approximate surface area is 116 Å². The van der Waals surface area contributed by atoms with E-state index in [9.17, 15) is 0 Å². The number of benzene rings is 1. The Kier molecular flexibility index (Phi) is 5.93. The summed E-state index contributed by atoms with van der Waals surface area (Å²) < 4.78 is 0. The van der Waals surface area contributed by atoms with Gasteiger partial charge in [0.25, 0.3) is 0 Å². The molecule has 1 aromatic rings. The first-order valence-electron chi connectivity index (χ1n) is 7.58. The maximum atomic E-state index is 5.14. The van der Waals surface area contributed by atoms with Crippen LogP contribution in [0.2, 0.25) is 0 Å². The standard InChI is InChI=1S/C17H24NO/c1-2-3-13-19-18-14-15-9-11-17(12-10-15)16-7-5-4-6-8-16/h9-12,16H,2-8,13H2,1H3. The third-order valence-corrected chi connectivity index (χ3v) is 3.82. The molecular formula is C17H24NO. The van der Waals surface area contributed by atoms with Crippen LogP contribution < -0.4 is 0 Å². The smallest absolute Gasteiger partial charge is 0.139 e. The highest BCUT2D eigenvalue weighted by atomic mass is 16.6. The van der Waals surface area contributed by atoms with Gasteiger partial charge in [-0.05, 0) is 30.7 Å². The van der Waals surface area contributed by atoms with Crippen molar-refractivity contribution in [2.45, 2.75) is 57.8 Å². The maximum absolute atomic E-state index is 5.14. The van der Waals surface area contributed by atoms with Crippen molar-refractivity contribution < 1.29 is 4.84 Å². The van der Waals surface area contributed by atoms with Crippen molar-refractivity contribution in [1.82, 2.24) is 0 Å². The zero-order valence-corrected chi connectivity index (χ0v) is 11.9. The highest BCUT2D eigenvalue weighted by molar-refractivity contribution is 5.79. The lowest BCUT2D eigenvalue weighted by Crippen LogP contribution is -2.04. The molecule has 0 unspecified atom stereocenters. The van der Waals surface area contributed by atoms with E-state index in [1.165, 1.54) is 37.7 Å². The van der Waals surface area contributed by atoms with Crippen molar-refractivity contribution in [1.29, 1.82) is 0 Å². The maximum Gasteiger partial charge on any atom is 0.139 e. The first-order chi connectivity index (χ1) is 9.40. The minimum Gasteiger partial charge on any atom is -0.395 e. The fourth-order valence-corrected chi connectivity index (χ4v) is 2.61. The van der Waals surface area contributed by atoms with Gasteiger partial charge in [-0.2, -0.15) is 0 Å². The molecule has 2 heteroatoms. The molecule has 0 N–H and O–H groups in total. The van der Waals surface area contributed by atoms with Gasteiger partial charge >= 0.3 is 0 Å². The van der Waals surface area contributed by atoms with E-state index in [1.807, 2.05) is 0 Å². The van der Waals surface area contributed by atoms with Crippen molar-refractivity contribution in [3.8, 4) is 0 Å². The molecule has 1 radical (unpaired) electrons. The molecule has 2 rings (SSSR count). The van der Waals surface area contributed by atoms with E-state index in [-0.39, 0.29) is 0 Å². The van der Waals surface area contributed by atoms with Crippen LogP contribution >= 0.6 is 0 Å². The predicted molar refractivity (Wildman–Crippen MR) is 79.7 cm³/mol. The van der Waals surface area contributed by atoms with Gasteiger partial charge in [-0.25, -0.2) is 0 Å². The van der Waals surface area contributed by atoms with Crippen molar-refractivity contribution in [2.75, 3.05) is 6.61 Å². The Morgan fingerprint density at radius 3 is 2.58 bits per heavy atom. The molecule has 0 saturated heterocycles. The number of hydrogen-bond acceptors (Lipinski definition) is 2. The average molecular weight is 258 g/mol. The molecule has 19 heavy (non-hydrogen) atoms. The van der Waals surface area contributed by atoms with Crippen molar-refractivity contribution in [2.24, 2.45) is 5.16 Å². The van der Waals surface area contributed by atoms with Crippen LogP contribution in [0.25, 0.3) is 0 Å². The Bertz CT molecular complexity index is 377. The Balaban J connectivity index is 1.83. The average Bonchev–Trinajstić information content (AvgIpc) is 2.49. The SMILES string of the molecule is CCCCO/N=[C]\c1ccc(C2CCCCC2)cc1. The van der Waals surface area contributed by atoms with E-state index in [1.54, 1.807) is 0 Å². The summed E-state index contributed by atoms with van der Waals surface area (Å²) in [6.45, 7) is 2.82. The van der Waals surface area contributed by atoms with Gasteiger partial charge in [-0.1, -0.05) is 62.0 Å². The summed E-state index contributed by atoms with van der Waals surface area (Å²) in [4.78, 5) is 5.14. The predicted octanol–water partition coefficient (Wildman–Crippen LogP) is 4.76. The van der Waals surface area contributed by atoms with Gasteiger partial charge < -0.3 is 4.84 Å². The van der Waals surface area contributed by atoms with E-state index in [2.05, 4.69) is 42.6 Å². The lowest BCUT2D eigenvalue weighted by atomic mass is 9.84. The van der Waals surface area contributed by atoms with Crippen LogP contribution in [0.15, 0.2) is 29.4 Å². The first-order valence-corrected chi connectivity index (χ1v) is 7.58. The number of rotatable bonds is 6. The minimum absolute atomic E-state index is 0.684. The number of unbranched alkanes of at least 4 members (excludes halogenated alkanes) is 1. The van der Waals surface area contributed by atoms with E-state index in [0.717, 1.165) is 24.3 Å². The second kappa shape index (κ2) is 7.98. The van der Waals surface area contributed by atoms with Gasteiger partial charge in [-0.3, -0.25) is 0 Å². The van der Waals surface area contributed by atoms with Crippen molar-refractivity contribution in [3.05, 3.63) is 35.4 Å². The van der Waals surface area contributed by atoms with E-state index >= 15 is 0 Å². The van der Waals surface area contributed by atoms with Gasteiger partial charge in [-0.15, -0.1) is 0 Å². The molecule has 0 aromatic heterocycles. The second-order valence-corrected chi connectivity index (χ2v) is 5.35. The van der Waals surface area contributed by atoms with Crippen LogP contribution in [0.5, 0.6) is 0 Å². The topological polar surface area (TPSA) is 21.6 Å². The van der Waals surface area contributed by atoms with Crippen LogP contribution in [0.1, 0.15) is 68.9 Å². The molecule has 1 saturated carbocycles. The molecule has 1 aromatic carbocycles. The molecule has 0 amide bonds. The van der Waals surface area contributed by atoms with Gasteiger partial charge in [0.2, 0.25) is 0 Å². The van der Waals surface area contributed by atoms with Crippen LogP contribution in [-0.4, -0.2) is 12.8 Å². The summed E-state index contributed by atoms with van der Waals surface area (Å²) in [7, 11) is 0. The first kappa shape index (κ1) is 14.1. The molecule has 2 nitrogen and oxygen atoms in total. The van der Waals surface area contributed by atoms with Gasteiger partial charge in [0.1, 0.15) is 12.8 Å². The molecule has 0 atom stereocenters. The van der Waals surface area contributed by atoms with E-state index in [4.69, 9.17) is 4.84 Å². The van der Waals surface area contributed by atoms with Crippen LogP contribution in [-0.2, 0) is 4.84 Å². The van der Waals surface area contributed by atoms with Crippen molar-refractivity contribution in [3.63, 3.8) is 0 Å². The van der Waals surface area contributed by atoms with Gasteiger partial charge in [0.05, 0.1) is 0 Å². The lowest BCUT2D eigenvalue weighted by molar-refractivity contribution is 0.143. The highest BCUT2D eigenvalue weighted by Gasteiger charge is 2.14. The summed E-state index contributed by atoms with van der Waals surface area (Å²) >= 11 is 0. The number of hydrogen-bond donors (Lipinski definition) is 0. The van der Waals surface area contributed by atoms with Gasteiger partial charge in [0.15, 0.2) is 0 Å². The van der Waals surface area contributed by atoms with Crippen LogP contribution in [0.4, 0.5) is 0 Å². The third-order valence-electron chi connectivity index (χ3n) is 3.82. The molecule has 1 fully saturated rings. The van der Waals surface area contributed by atoms with Crippen LogP contribution in [0, 0.1) is 0 Å². The highest BCUT2D eigenvalue weighted by Crippen LogP contribution is 2.32. The largest absolute Gasteiger partial charge is 0.395 e. The summed E-state index contributed by atoms with van der Waals surface area (Å²) in [5.74, 6) is 0.764. The third kappa shape index (κ3) is 4.70. The van der Waals surface area contributed by atoms with E-state index < -0.39 is 0 Å². The van der Waals surface area contributed by atoms with E-state index in [0.29, 0.717) is 6.61 Å². The molecule has 1 aliphatic rings. The van der Waals surface area contributed by atoms with Crippen molar-refractivity contribution >= 4 is 6.21 Å². The number of nitrogens with zero attached hydrogens (tertiary/aromatic N) is 1. The lowest BCUT2D eigenvalue weighted by Gasteiger charge is -2.21. The summed E-state index contributed by atoms with van der Waals surface area (Å²) in [6.07, 6.45) is 12.0. The minimum atomic E-state index is 0.684. The molecule has 0 aliphatic heterocycles. The fourth-order valence-electron chi connectivity index (χ4n) is 2.61. The zero-order chi connectivity index (χ0) is 13.3. The Morgan fingerprint density at radius 1 is 1.16 bits per heavy atom. The monoisotopic (exact) mass is 258 g/mol. The van der Waals surface area contributed by atoms with Crippen LogP contribution in [0.3, 0.4) is 0 Å². The summed E-state index contributed by atoms with van der Waals surface area (Å²) in [6, 6.07) is 8.63.